The largest absolute Gasteiger partial charge is 0.353 e. The van der Waals surface area contributed by atoms with Gasteiger partial charge in [0.2, 0.25) is 0 Å². The van der Waals surface area contributed by atoms with Crippen LogP contribution in [0, 0.1) is 0 Å². The van der Waals surface area contributed by atoms with Crippen molar-refractivity contribution in [1.29, 1.82) is 0 Å². The monoisotopic (exact) mass is 401 g/mol. The molecule has 1 heterocycles. The SMILES string of the molecule is CC(c1ccccc1)N(Cc1cccn1C)C(=O)Nc1cccc(Cl)c1Cl. The Labute approximate surface area is 169 Å². The molecule has 0 fully saturated rings. The van der Waals surface area contributed by atoms with Crippen LogP contribution in [0.15, 0.2) is 66.9 Å². The number of urea groups is 1. The molecule has 0 bridgehead atoms. The van der Waals surface area contributed by atoms with Gasteiger partial charge in [0, 0.05) is 18.9 Å². The smallest absolute Gasteiger partial charge is 0.322 e. The highest BCUT2D eigenvalue weighted by molar-refractivity contribution is 6.43. The van der Waals surface area contributed by atoms with Gasteiger partial charge < -0.3 is 14.8 Å². The Morgan fingerprint density at radius 3 is 2.48 bits per heavy atom. The lowest BCUT2D eigenvalue weighted by Crippen LogP contribution is -2.37. The Bertz CT molecular complexity index is 924. The third-order valence-electron chi connectivity index (χ3n) is 4.59. The summed E-state index contributed by atoms with van der Waals surface area (Å²) in [5, 5.41) is 3.63. The van der Waals surface area contributed by atoms with Crippen molar-refractivity contribution < 1.29 is 4.79 Å². The first-order chi connectivity index (χ1) is 13.0. The third kappa shape index (κ3) is 4.46. The summed E-state index contributed by atoms with van der Waals surface area (Å²) in [5.74, 6) is 0. The number of nitrogens with one attached hydrogen (secondary N) is 1. The lowest BCUT2D eigenvalue weighted by molar-refractivity contribution is 0.187. The number of rotatable bonds is 5. The summed E-state index contributed by atoms with van der Waals surface area (Å²) in [6, 6.07) is 18.7. The number of carbonyl (C=O) groups excluding carboxylic acids is 1. The van der Waals surface area contributed by atoms with E-state index >= 15 is 0 Å². The number of amides is 2. The van der Waals surface area contributed by atoms with Crippen molar-refractivity contribution in [3.8, 4) is 0 Å². The van der Waals surface area contributed by atoms with E-state index in [4.69, 9.17) is 23.2 Å². The molecule has 0 aliphatic carbocycles. The van der Waals surface area contributed by atoms with Crippen LogP contribution in [0.3, 0.4) is 0 Å². The maximum absolute atomic E-state index is 13.1. The summed E-state index contributed by atoms with van der Waals surface area (Å²) in [6.07, 6.45) is 1.96. The number of hydrogen-bond acceptors (Lipinski definition) is 1. The fourth-order valence-corrected chi connectivity index (χ4v) is 3.27. The first kappa shape index (κ1) is 19.3. The molecular weight excluding hydrogens is 381 g/mol. The van der Waals surface area contributed by atoms with Gasteiger partial charge in [-0.2, -0.15) is 0 Å². The van der Waals surface area contributed by atoms with Crippen molar-refractivity contribution in [2.45, 2.75) is 19.5 Å². The van der Waals surface area contributed by atoms with E-state index in [2.05, 4.69) is 5.32 Å². The number of halogens is 2. The molecule has 1 atom stereocenters. The average Bonchev–Trinajstić information content (AvgIpc) is 3.08. The summed E-state index contributed by atoms with van der Waals surface area (Å²) in [6.45, 7) is 2.47. The zero-order valence-corrected chi connectivity index (χ0v) is 16.7. The van der Waals surface area contributed by atoms with Crippen molar-refractivity contribution >= 4 is 34.9 Å². The fraction of sp³-hybridized carbons (Fsp3) is 0.190. The van der Waals surface area contributed by atoms with Gasteiger partial charge in [0.05, 0.1) is 28.3 Å². The van der Waals surface area contributed by atoms with E-state index in [0.717, 1.165) is 11.3 Å². The molecule has 6 heteroatoms. The number of aryl methyl sites for hydroxylation is 1. The number of hydrogen-bond donors (Lipinski definition) is 1. The van der Waals surface area contributed by atoms with Gasteiger partial charge in [-0.15, -0.1) is 0 Å². The third-order valence-corrected chi connectivity index (χ3v) is 5.41. The van der Waals surface area contributed by atoms with Gasteiger partial charge >= 0.3 is 6.03 Å². The first-order valence-electron chi connectivity index (χ1n) is 8.64. The summed E-state index contributed by atoms with van der Waals surface area (Å²) in [4.78, 5) is 14.9. The molecule has 1 N–H and O–H groups in total. The van der Waals surface area contributed by atoms with Gasteiger partial charge in [0.1, 0.15) is 0 Å². The second-order valence-corrected chi connectivity index (χ2v) is 7.14. The number of nitrogens with zero attached hydrogens (tertiary/aromatic N) is 2. The molecule has 1 unspecified atom stereocenters. The Kier molecular flexibility index (Phi) is 6.09. The van der Waals surface area contributed by atoms with Crippen LogP contribution >= 0.6 is 23.2 Å². The Balaban J connectivity index is 1.89. The van der Waals surface area contributed by atoms with Gasteiger partial charge in [-0.1, -0.05) is 59.6 Å². The highest BCUT2D eigenvalue weighted by Gasteiger charge is 2.23. The van der Waals surface area contributed by atoms with E-state index in [0.29, 0.717) is 22.3 Å². The number of benzene rings is 2. The molecule has 2 aromatic carbocycles. The number of carbonyl (C=O) groups is 1. The minimum atomic E-state index is -0.239. The van der Waals surface area contributed by atoms with Crippen molar-refractivity contribution in [1.82, 2.24) is 9.47 Å². The predicted molar refractivity (Wildman–Crippen MR) is 111 cm³/mol. The van der Waals surface area contributed by atoms with Crippen LogP contribution in [-0.4, -0.2) is 15.5 Å². The average molecular weight is 402 g/mol. The molecule has 3 rings (SSSR count). The second kappa shape index (κ2) is 8.51. The van der Waals surface area contributed by atoms with E-state index < -0.39 is 0 Å². The van der Waals surface area contributed by atoms with E-state index in [-0.39, 0.29) is 12.1 Å². The lowest BCUT2D eigenvalue weighted by Gasteiger charge is -2.30. The van der Waals surface area contributed by atoms with Gasteiger partial charge in [-0.25, -0.2) is 4.79 Å². The van der Waals surface area contributed by atoms with Crippen LogP contribution in [0.2, 0.25) is 10.0 Å². The van der Waals surface area contributed by atoms with Gasteiger partial charge in [-0.3, -0.25) is 0 Å². The van der Waals surface area contributed by atoms with Crippen molar-refractivity contribution in [2.75, 3.05) is 5.32 Å². The first-order valence-corrected chi connectivity index (χ1v) is 9.39. The minimum absolute atomic E-state index is 0.126. The zero-order valence-electron chi connectivity index (χ0n) is 15.2. The Morgan fingerprint density at radius 2 is 1.81 bits per heavy atom. The maximum atomic E-state index is 13.1. The van der Waals surface area contributed by atoms with Crippen molar-refractivity contribution in [3.05, 3.63) is 88.2 Å². The van der Waals surface area contributed by atoms with Crippen LogP contribution in [0.25, 0.3) is 0 Å². The molecule has 0 saturated heterocycles. The Hall–Kier alpha value is -2.43. The van der Waals surface area contributed by atoms with Crippen LogP contribution < -0.4 is 5.32 Å². The number of aromatic nitrogens is 1. The van der Waals surface area contributed by atoms with E-state index in [9.17, 15) is 4.79 Å². The molecular formula is C21H21Cl2N3O. The van der Waals surface area contributed by atoms with Crippen LogP contribution in [-0.2, 0) is 13.6 Å². The highest BCUT2D eigenvalue weighted by Crippen LogP contribution is 2.31. The molecule has 0 aliphatic rings. The molecule has 27 heavy (non-hydrogen) atoms. The molecule has 2 amide bonds. The van der Waals surface area contributed by atoms with E-state index in [1.54, 1.807) is 23.1 Å². The second-order valence-electron chi connectivity index (χ2n) is 6.36. The lowest BCUT2D eigenvalue weighted by atomic mass is 10.1. The minimum Gasteiger partial charge on any atom is -0.353 e. The topological polar surface area (TPSA) is 37.3 Å². The molecule has 3 aromatic rings. The quantitative estimate of drug-likeness (QED) is 0.548. The fourth-order valence-electron chi connectivity index (χ4n) is 2.92. The van der Waals surface area contributed by atoms with Crippen LogP contribution in [0.4, 0.5) is 10.5 Å². The molecule has 4 nitrogen and oxygen atoms in total. The molecule has 0 radical (unpaired) electrons. The zero-order chi connectivity index (χ0) is 19.4. The van der Waals surface area contributed by atoms with Crippen molar-refractivity contribution in [2.24, 2.45) is 7.05 Å². The standard InChI is InChI=1S/C21H21Cl2N3O/c1-15(16-8-4-3-5-9-16)26(14-17-10-7-13-25(17)2)21(27)24-19-12-6-11-18(22)20(19)23/h3-13,15H,14H2,1-2H3,(H,24,27). The van der Waals surface area contributed by atoms with Gasteiger partial charge in [0.25, 0.3) is 0 Å². The summed E-state index contributed by atoms with van der Waals surface area (Å²) in [7, 11) is 1.96. The normalized spacial score (nSPS) is 11.9. The summed E-state index contributed by atoms with van der Waals surface area (Å²) in [5.41, 5.74) is 2.58. The number of anilines is 1. The molecule has 0 spiro atoms. The van der Waals surface area contributed by atoms with Crippen molar-refractivity contribution in [3.63, 3.8) is 0 Å². The maximum Gasteiger partial charge on any atom is 0.322 e. The summed E-state index contributed by atoms with van der Waals surface area (Å²) >= 11 is 12.3. The van der Waals surface area contributed by atoms with Crippen LogP contribution in [0.5, 0.6) is 0 Å². The van der Waals surface area contributed by atoms with Crippen LogP contribution in [0.1, 0.15) is 24.2 Å². The molecule has 0 aliphatic heterocycles. The molecule has 0 saturated carbocycles. The van der Waals surface area contributed by atoms with Gasteiger partial charge in [0.15, 0.2) is 0 Å². The molecule has 1 aromatic heterocycles. The predicted octanol–water partition coefficient (Wildman–Crippen LogP) is 6.13. The van der Waals surface area contributed by atoms with E-state index in [1.165, 1.54) is 0 Å². The highest BCUT2D eigenvalue weighted by atomic mass is 35.5. The molecule has 140 valence electrons. The van der Waals surface area contributed by atoms with Gasteiger partial charge in [-0.05, 0) is 36.8 Å². The summed E-state index contributed by atoms with van der Waals surface area (Å²) < 4.78 is 2.00. The van der Waals surface area contributed by atoms with E-state index in [1.807, 2.05) is 67.2 Å². The Morgan fingerprint density at radius 1 is 1.07 bits per heavy atom.